The van der Waals surface area contributed by atoms with E-state index in [1.807, 2.05) is 35.2 Å². The summed E-state index contributed by atoms with van der Waals surface area (Å²) in [7, 11) is 2.19. The van der Waals surface area contributed by atoms with Crippen LogP contribution >= 0.6 is 0 Å². The maximum Gasteiger partial charge on any atom is 0.270 e. The Morgan fingerprint density at radius 3 is 2.37 bits per heavy atom. The van der Waals surface area contributed by atoms with Gasteiger partial charge in [0.15, 0.2) is 5.78 Å². The molecule has 30 heavy (non-hydrogen) atoms. The molecule has 7 heteroatoms. The molecular weight excluding hydrogens is 378 g/mol. The van der Waals surface area contributed by atoms with Crippen molar-refractivity contribution in [3.8, 4) is 0 Å². The van der Waals surface area contributed by atoms with Gasteiger partial charge in [-0.25, -0.2) is 0 Å². The van der Waals surface area contributed by atoms with Gasteiger partial charge in [0.05, 0.1) is 5.69 Å². The summed E-state index contributed by atoms with van der Waals surface area (Å²) in [5, 5.41) is 6.31. The van der Waals surface area contributed by atoms with Crippen molar-refractivity contribution in [1.82, 2.24) is 14.7 Å². The third-order valence-corrected chi connectivity index (χ3v) is 6.77. The Bertz CT molecular complexity index is 803. The molecule has 1 amide bonds. The number of benzene rings is 1. The minimum Gasteiger partial charge on any atom is -0.335 e. The van der Waals surface area contributed by atoms with E-state index >= 15 is 0 Å². The fourth-order valence-corrected chi connectivity index (χ4v) is 4.98. The fraction of sp³-hybridized carbons (Fsp3) is 0.609. The van der Waals surface area contributed by atoms with Crippen molar-refractivity contribution in [3.63, 3.8) is 0 Å². The Hall–Kier alpha value is -2.25. The molecule has 162 valence electrons. The van der Waals surface area contributed by atoms with Crippen LogP contribution in [0.4, 0.5) is 5.69 Å². The van der Waals surface area contributed by atoms with E-state index in [9.17, 15) is 9.59 Å². The average Bonchev–Trinajstić information content (AvgIpc) is 3.20. The lowest BCUT2D eigenvalue weighted by Gasteiger charge is -2.46. The predicted molar refractivity (Wildman–Crippen MR) is 119 cm³/mol. The van der Waals surface area contributed by atoms with Crippen LogP contribution in [0.15, 0.2) is 35.4 Å². The van der Waals surface area contributed by atoms with Crippen molar-refractivity contribution in [1.29, 1.82) is 0 Å². The van der Waals surface area contributed by atoms with Crippen LogP contribution in [0.25, 0.3) is 0 Å². The number of hydrogen-bond acceptors (Lipinski definition) is 6. The van der Waals surface area contributed by atoms with Gasteiger partial charge in [0.1, 0.15) is 11.8 Å². The van der Waals surface area contributed by atoms with E-state index in [1.54, 1.807) is 11.9 Å². The van der Waals surface area contributed by atoms with E-state index in [1.165, 1.54) is 12.8 Å². The number of piperidine rings is 1. The number of para-hydroxylation sites is 1. The molecule has 3 heterocycles. The zero-order chi connectivity index (χ0) is 21.3. The second-order valence-corrected chi connectivity index (χ2v) is 8.93. The number of carbonyl (C=O) groups is 2. The Kier molecular flexibility index (Phi) is 6.20. The van der Waals surface area contributed by atoms with Crippen LogP contribution in [-0.4, -0.2) is 90.0 Å². The smallest absolute Gasteiger partial charge is 0.270 e. The molecule has 0 aliphatic carbocycles. The molecule has 2 fully saturated rings. The van der Waals surface area contributed by atoms with Gasteiger partial charge in [-0.05, 0) is 59.0 Å². The number of hydrogen-bond donors (Lipinski definition) is 0. The van der Waals surface area contributed by atoms with Gasteiger partial charge in [-0.1, -0.05) is 18.2 Å². The van der Waals surface area contributed by atoms with Gasteiger partial charge in [-0.2, -0.15) is 5.10 Å². The number of piperazine rings is 1. The van der Waals surface area contributed by atoms with E-state index in [2.05, 4.69) is 28.9 Å². The number of rotatable bonds is 4. The highest BCUT2D eigenvalue weighted by atomic mass is 16.2. The molecule has 0 bridgehead atoms. The van der Waals surface area contributed by atoms with Crippen LogP contribution in [-0.2, 0) is 9.59 Å². The van der Waals surface area contributed by atoms with E-state index in [0.717, 1.165) is 38.4 Å². The highest BCUT2D eigenvalue weighted by Crippen LogP contribution is 2.27. The lowest BCUT2D eigenvalue weighted by atomic mass is 9.99. The first-order valence-electron chi connectivity index (χ1n) is 11.1. The summed E-state index contributed by atoms with van der Waals surface area (Å²) in [5.41, 5.74) is 1.35. The Balaban J connectivity index is 1.43. The number of amides is 1. The number of carbonyl (C=O) groups excluding carboxylic acids is 2. The molecule has 7 nitrogen and oxygen atoms in total. The molecule has 0 saturated carbocycles. The Morgan fingerprint density at radius 1 is 1.03 bits per heavy atom. The molecule has 0 spiro atoms. The highest BCUT2D eigenvalue weighted by molar-refractivity contribution is 6.40. The van der Waals surface area contributed by atoms with E-state index in [0.29, 0.717) is 24.2 Å². The number of hydrazone groups is 1. The van der Waals surface area contributed by atoms with Crippen molar-refractivity contribution >= 4 is 23.1 Å². The third kappa shape index (κ3) is 4.27. The summed E-state index contributed by atoms with van der Waals surface area (Å²) in [5.74, 6) is 0.0143. The molecule has 0 aromatic heterocycles. The summed E-state index contributed by atoms with van der Waals surface area (Å²) in [6, 6.07) is 10.2. The van der Waals surface area contributed by atoms with E-state index < -0.39 is 6.04 Å². The topological polar surface area (TPSA) is 59.5 Å². The molecule has 1 aromatic carbocycles. The quantitative estimate of drug-likeness (QED) is 0.757. The maximum atomic E-state index is 13.2. The summed E-state index contributed by atoms with van der Waals surface area (Å²) < 4.78 is 0. The maximum absolute atomic E-state index is 13.2. The molecule has 0 N–H and O–H groups in total. The van der Waals surface area contributed by atoms with Gasteiger partial charge in [0, 0.05) is 38.1 Å². The summed E-state index contributed by atoms with van der Waals surface area (Å²) in [6.45, 7) is 8.46. The number of anilines is 1. The van der Waals surface area contributed by atoms with Crippen LogP contribution < -0.4 is 5.01 Å². The molecule has 0 radical (unpaired) electrons. The van der Waals surface area contributed by atoms with Crippen molar-refractivity contribution in [2.45, 2.75) is 51.2 Å². The van der Waals surface area contributed by atoms with Gasteiger partial charge >= 0.3 is 0 Å². The first-order valence-corrected chi connectivity index (χ1v) is 11.1. The van der Waals surface area contributed by atoms with Crippen LogP contribution in [0.2, 0.25) is 0 Å². The molecule has 2 atom stereocenters. The second kappa shape index (κ2) is 8.86. The van der Waals surface area contributed by atoms with Gasteiger partial charge < -0.3 is 9.80 Å². The molecule has 1 aromatic rings. The summed E-state index contributed by atoms with van der Waals surface area (Å²) >= 11 is 0. The molecule has 0 unspecified atom stereocenters. The van der Waals surface area contributed by atoms with Gasteiger partial charge in [-0.3, -0.25) is 19.5 Å². The predicted octanol–water partition coefficient (Wildman–Crippen LogP) is 1.84. The lowest BCUT2D eigenvalue weighted by molar-refractivity contribution is -0.127. The minimum absolute atomic E-state index is 0.0189. The molecular formula is C23H33N5O2. The fourth-order valence-electron chi connectivity index (χ4n) is 4.98. The highest BCUT2D eigenvalue weighted by Gasteiger charge is 2.38. The average molecular weight is 412 g/mol. The van der Waals surface area contributed by atoms with Crippen LogP contribution in [0.1, 0.15) is 33.1 Å². The van der Waals surface area contributed by atoms with E-state index in [4.69, 9.17) is 0 Å². The number of nitrogens with zero attached hydrogens (tertiary/aromatic N) is 5. The lowest BCUT2D eigenvalue weighted by Crippen LogP contribution is -2.59. The first-order chi connectivity index (χ1) is 14.4. The standard InChI is InChI=1S/C23H33N5O2/c1-17-16-26(13-14-27(17)19-9-11-25(3)12-10-19)23(30)21-15-22(18(2)29)28(24-21)20-7-5-4-6-8-20/h4-8,17,19,22H,9-16H2,1-3H3/t17-,22+/m1/s1. The summed E-state index contributed by atoms with van der Waals surface area (Å²) in [4.78, 5) is 32.4. The van der Waals surface area contributed by atoms with Crippen molar-refractivity contribution in [2.75, 3.05) is 44.8 Å². The largest absolute Gasteiger partial charge is 0.335 e. The third-order valence-electron chi connectivity index (χ3n) is 6.77. The normalized spacial score (nSPS) is 26.7. The van der Waals surface area contributed by atoms with Crippen LogP contribution in [0.3, 0.4) is 0 Å². The van der Waals surface area contributed by atoms with Gasteiger partial charge in [0.25, 0.3) is 5.91 Å². The Labute approximate surface area is 179 Å². The van der Waals surface area contributed by atoms with E-state index in [-0.39, 0.29) is 11.7 Å². The van der Waals surface area contributed by atoms with Crippen molar-refractivity contribution in [3.05, 3.63) is 30.3 Å². The minimum atomic E-state index is -0.399. The first kappa shape index (κ1) is 21.0. The Morgan fingerprint density at radius 2 is 1.73 bits per heavy atom. The van der Waals surface area contributed by atoms with Crippen molar-refractivity contribution < 1.29 is 9.59 Å². The van der Waals surface area contributed by atoms with Gasteiger partial charge in [0.2, 0.25) is 0 Å². The number of likely N-dealkylation sites (tertiary alicyclic amines) is 1. The zero-order valence-electron chi connectivity index (χ0n) is 18.3. The monoisotopic (exact) mass is 411 g/mol. The summed E-state index contributed by atoms with van der Waals surface area (Å²) in [6.07, 6.45) is 2.79. The van der Waals surface area contributed by atoms with Crippen LogP contribution in [0.5, 0.6) is 0 Å². The SMILES string of the molecule is CC(=O)[C@@H]1CC(C(=O)N2CCN(C3CCN(C)CC3)[C@H](C)C2)=NN1c1ccccc1. The van der Waals surface area contributed by atoms with Crippen molar-refractivity contribution in [2.24, 2.45) is 5.10 Å². The molecule has 3 aliphatic heterocycles. The second-order valence-electron chi connectivity index (χ2n) is 8.93. The number of ketones is 1. The van der Waals surface area contributed by atoms with Crippen LogP contribution in [0, 0.1) is 0 Å². The zero-order valence-corrected chi connectivity index (χ0v) is 18.3. The molecule has 2 saturated heterocycles. The van der Waals surface area contributed by atoms with Gasteiger partial charge in [-0.15, -0.1) is 0 Å². The molecule has 3 aliphatic rings. The number of Topliss-reactive ketones (excluding diaryl/α,β-unsaturated/α-hetero) is 1. The molecule has 4 rings (SSSR count).